The Hall–Kier alpha value is -0.870. The maximum atomic E-state index is 10.5. The van der Waals surface area contributed by atoms with Gasteiger partial charge in [0.05, 0.1) is 13.7 Å². The van der Waals surface area contributed by atoms with E-state index in [-0.39, 0.29) is 6.61 Å². The minimum atomic E-state index is -1.47. The molecule has 0 aromatic heterocycles. The van der Waals surface area contributed by atoms with Gasteiger partial charge in [-0.3, -0.25) is 0 Å². The summed E-state index contributed by atoms with van der Waals surface area (Å²) < 4.78 is 8.85. The van der Waals surface area contributed by atoms with Gasteiger partial charge in [0.1, 0.15) is 0 Å². The fourth-order valence-electron chi connectivity index (χ4n) is 0.432. The van der Waals surface area contributed by atoms with Gasteiger partial charge in [-0.1, -0.05) is 6.08 Å². The van der Waals surface area contributed by atoms with Crippen LogP contribution in [0.4, 0.5) is 0 Å². The number of ether oxygens (including phenoxy) is 2. The van der Waals surface area contributed by atoms with Gasteiger partial charge in [0, 0.05) is 0 Å². The van der Waals surface area contributed by atoms with Crippen LogP contribution in [0.1, 0.15) is 6.42 Å². The molecule has 1 atom stereocenters. The molecule has 0 bridgehead atoms. The SMILES string of the molecule is C=CCCO[C@H](O)C(=O)OC. The van der Waals surface area contributed by atoms with Crippen LogP contribution in [0.25, 0.3) is 0 Å². The van der Waals surface area contributed by atoms with E-state index >= 15 is 0 Å². The fraction of sp³-hybridized carbons (Fsp3) is 0.571. The Morgan fingerprint density at radius 2 is 2.45 bits per heavy atom. The van der Waals surface area contributed by atoms with E-state index in [2.05, 4.69) is 16.1 Å². The molecule has 0 saturated heterocycles. The lowest BCUT2D eigenvalue weighted by atomic mass is 10.4. The van der Waals surface area contributed by atoms with Crippen molar-refractivity contribution < 1.29 is 19.4 Å². The van der Waals surface area contributed by atoms with Gasteiger partial charge in [0.25, 0.3) is 6.29 Å². The van der Waals surface area contributed by atoms with Crippen LogP contribution in [0, 0.1) is 0 Å². The third-order valence-corrected chi connectivity index (χ3v) is 1.00. The molecular formula is C7H12O4. The molecule has 0 aliphatic rings. The van der Waals surface area contributed by atoms with Crippen LogP contribution in [-0.2, 0) is 14.3 Å². The highest BCUT2D eigenvalue weighted by Gasteiger charge is 2.14. The third kappa shape index (κ3) is 4.52. The van der Waals surface area contributed by atoms with Gasteiger partial charge in [-0.25, -0.2) is 4.79 Å². The summed E-state index contributed by atoms with van der Waals surface area (Å²) in [7, 11) is 1.18. The number of carbonyl (C=O) groups is 1. The van der Waals surface area contributed by atoms with Crippen LogP contribution in [0.5, 0.6) is 0 Å². The van der Waals surface area contributed by atoms with Gasteiger partial charge < -0.3 is 14.6 Å². The van der Waals surface area contributed by atoms with Crippen LogP contribution >= 0.6 is 0 Å². The topological polar surface area (TPSA) is 55.8 Å². The number of carbonyl (C=O) groups excluding carboxylic acids is 1. The molecule has 0 unspecified atom stereocenters. The monoisotopic (exact) mass is 160 g/mol. The molecule has 4 heteroatoms. The Morgan fingerprint density at radius 3 is 2.91 bits per heavy atom. The fourth-order valence-corrected chi connectivity index (χ4v) is 0.432. The second-order valence-electron chi connectivity index (χ2n) is 1.82. The molecule has 4 nitrogen and oxygen atoms in total. The summed E-state index contributed by atoms with van der Waals surface area (Å²) in [5.41, 5.74) is 0. The van der Waals surface area contributed by atoms with E-state index < -0.39 is 12.3 Å². The molecule has 0 spiro atoms. The highest BCUT2D eigenvalue weighted by Crippen LogP contribution is 1.92. The zero-order valence-corrected chi connectivity index (χ0v) is 6.45. The number of hydrogen-bond donors (Lipinski definition) is 1. The zero-order valence-electron chi connectivity index (χ0n) is 6.45. The van der Waals surface area contributed by atoms with E-state index in [1.54, 1.807) is 6.08 Å². The van der Waals surface area contributed by atoms with Gasteiger partial charge in [-0.15, -0.1) is 6.58 Å². The smallest absolute Gasteiger partial charge is 0.363 e. The lowest BCUT2D eigenvalue weighted by Crippen LogP contribution is -2.25. The number of rotatable bonds is 5. The van der Waals surface area contributed by atoms with Crippen molar-refractivity contribution in [2.45, 2.75) is 12.7 Å². The van der Waals surface area contributed by atoms with Crippen molar-refractivity contribution in [3.8, 4) is 0 Å². The summed E-state index contributed by atoms with van der Waals surface area (Å²) >= 11 is 0. The largest absolute Gasteiger partial charge is 0.465 e. The number of aliphatic hydroxyl groups excluding tert-OH is 1. The van der Waals surface area contributed by atoms with E-state index in [1.165, 1.54) is 7.11 Å². The van der Waals surface area contributed by atoms with Crippen molar-refractivity contribution in [3.05, 3.63) is 12.7 Å². The van der Waals surface area contributed by atoms with Crippen LogP contribution in [0.15, 0.2) is 12.7 Å². The van der Waals surface area contributed by atoms with Crippen molar-refractivity contribution >= 4 is 5.97 Å². The Morgan fingerprint density at radius 1 is 1.82 bits per heavy atom. The summed E-state index contributed by atoms with van der Waals surface area (Å²) in [5.74, 6) is -0.783. The molecule has 64 valence electrons. The molecule has 0 aromatic carbocycles. The second-order valence-corrected chi connectivity index (χ2v) is 1.82. The standard InChI is InChI=1S/C7H12O4/c1-3-4-5-11-7(9)6(8)10-2/h3,7,9H,1,4-5H2,2H3/t7-/m0/s1. The Kier molecular flexibility index (Phi) is 5.42. The quantitative estimate of drug-likeness (QED) is 0.267. The van der Waals surface area contributed by atoms with E-state index in [0.29, 0.717) is 6.42 Å². The maximum absolute atomic E-state index is 10.5. The number of methoxy groups -OCH3 is 1. The van der Waals surface area contributed by atoms with Crippen LogP contribution in [0.2, 0.25) is 0 Å². The van der Waals surface area contributed by atoms with Crippen LogP contribution in [-0.4, -0.2) is 31.1 Å². The van der Waals surface area contributed by atoms with Crippen molar-refractivity contribution in [3.63, 3.8) is 0 Å². The highest BCUT2D eigenvalue weighted by molar-refractivity contribution is 5.72. The number of esters is 1. The lowest BCUT2D eigenvalue weighted by molar-refractivity contribution is -0.179. The summed E-state index contributed by atoms with van der Waals surface area (Å²) in [6.45, 7) is 3.71. The van der Waals surface area contributed by atoms with Crippen molar-refractivity contribution in [2.75, 3.05) is 13.7 Å². The molecule has 1 N–H and O–H groups in total. The molecule has 0 amide bonds. The molecule has 0 rings (SSSR count). The Balaban J connectivity index is 3.43. The lowest BCUT2D eigenvalue weighted by Gasteiger charge is -2.07. The van der Waals surface area contributed by atoms with E-state index in [0.717, 1.165) is 0 Å². The van der Waals surface area contributed by atoms with Crippen molar-refractivity contribution in [2.24, 2.45) is 0 Å². The van der Waals surface area contributed by atoms with Gasteiger partial charge in [0.2, 0.25) is 0 Å². The molecular weight excluding hydrogens is 148 g/mol. The first-order valence-corrected chi connectivity index (χ1v) is 3.20. The first kappa shape index (κ1) is 10.1. The number of aliphatic hydroxyl groups is 1. The predicted molar refractivity (Wildman–Crippen MR) is 38.8 cm³/mol. The minimum Gasteiger partial charge on any atom is -0.465 e. The normalized spacial score (nSPS) is 12.2. The van der Waals surface area contributed by atoms with Crippen LogP contribution in [0.3, 0.4) is 0 Å². The molecule has 0 aliphatic carbocycles. The number of hydrogen-bond acceptors (Lipinski definition) is 4. The van der Waals surface area contributed by atoms with Gasteiger partial charge >= 0.3 is 5.97 Å². The van der Waals surface area contributed by atoms with Crippen molar-refractivity contribution in [1.29, 1.82) is 0 Å². The first-order chi connectivity index (χ1) is 5.22. The summed E-state index contributed by atoms with van der Waals surface area (Å²) in [6, 6.07) is 0. The average Bonchev–Trinajstić information content (AvgIpc) is 2.03. The third-order valence-electron chi connectivity index (χ3n) is 1.00. The molecule has 0 aliphatic heterocycles. The molecule has 11 heavy (non-hydrogen) atoms. The minimum absolute atomic E-state index is 0.264. The Bertz CT molecular complexity index is 132. The van der Waals surface area contributed by atoms with E-state index in [1.807, 2.05) is 0 Å². The van der Waals surface area contributed by atoms with Gasteiger partial charge in [-0.05, 0) is 6.42 Å². The van der Waals surface area contributed by atoms with E-state index in [9.17, 15) is 4.79 Å². The van der Waals surface area contributed by atoms with Gasteiger partial charge in [-0.2, -0.15) is 0 Å². The predicted octanol–water partition coefficient (Wildman–Crippen LogP) is 0.0705. The Labute approximate surface area is 65.4 Å². The average molecular weight is 160 g/mol. The van der Waals surface area contributed by atoms with Crippen molar-refractivity contribution in [1.82, 2.24) is 0 Å². The summed E-state index contributed by atoms with van der Waals surface area (Å²) in [6.07, 6.45) is 0.748. The summed E-state index contributed by atoms with van der Waals surface area (Å²) in [5, 5.41) is 8.81. The second kappa shape index (κ2) is 5.88. The van der Waals surface area contributed by atoms with Gasteiger partial charge in [0.15, 0.2) is 0 Å². The first-order valence-electron chi connectivity index (χ1n) is 3.20. The molecule has 0 heterocycles. The molecule has 0 saturated carbocycles. The summed E-state index contributed by atoms with van der Waals surface area (Å²) in [4.78, 5) is 10.5. The molecule has 0 fully saturated rings. The highest BCUT2D eigenvalue weighted by atomic mass is 16.6. The zero-order chi connectivity index (χ0) is 8.69. The van der Waals surface area contributed by atoms with Crippen LogP contribution < -0.4 is 0 Å². The van der Waals surface area contributed by atoms with E-state index in [4.69, 9.17) is 5.11 Å². The maximum Gasteiger partial charge on any atom is 0.363 e. The molecule has 0 aromatic rings. The molecule has 0 radical (unpaired) electrons.